The van der Waals surface area contributed by atoms with E-state index in [1.807, 2.05) is 0 Å². The molecule has 2 aromatic carbocycles. The van der Waals surface area contributed by atoms with Crippen molar-refractivity contribution in [2.24, 2.45) is 5.73 Å². The van der Waals surface area contributed by atoms with E-state index in [2.05, 4.69) is 15.3 Å². The van der Waals surface area contributed by atoms with Crippen LogP contribution in [-0.4, -0.2) is 39.8 Å². The predicted molar refractivity (Wildman–Crippen MR) is 102 cm³/mol. The second-order valence-electron chi connectivity index (χ2n) is 6.02. The predicted octanol–water partition coefficient (Wildman–Crippen LogP) is 1.88. The van der Waals surface area contributed by atoms with Crippen molar-refractivity contribution < 1.29 is 23.9 Å². The zero-order valence-electron chi connectivity index (χ0n) is 15.1. The Bertz CT molecular complexity index is 1090. The van der Waals surface area contributed by atoms with Gasteiger partial charge in [0, 0.05) is 24.5 Å². The number of hydrogen-bond acceptors (Lipinski definition) is 5. The van der Waals surface area contributed by atoms with Crippen LogP contribution in [0, 0.1) is 5.82 Å². The van der Waals surface area contributed by atoms with Gasteiger partial charge in [0.2, 0.25) is 0 Å². The number of carbonyl (C=O) groups is 3. The van der Waals surface area contributed by atoms with E-state index in [0.29, 0.717) is 11.4 Å². The molecule has 5 N–H and O–H groups in total. The summed E-state index contributed by atoms with van der Waals surface area (Å²) in [6.07, 6.45) is 1.20. The number of carbonyl (C=O) groups excluding carboxylic acids is 3. The largest absolute Gasteiger partial charge is 0.507 e. The zero-order valence-corrected chi connectivity index (χ0v) is 15.1. The molecular weight excluding hydrogens is 381 g/mol. The van der Waals surface area contributed by atoms with Crippen molar-refractivity contribution in [1.82, 2.24) is 9.97 Å². The Morgan fingerprint density at radius 3 is 2.48 bits per heavy atom. The van der Waals surface area contributed by atoms with Gasteiger partial charge in [0.15, 0.2) is 5.69 Å². The minimum absolute atomic E-state index is 0.0831. The Morgan fingerprint density at radius 2 is 1.86 bits per heavy atom. The van der Waals surface area contributed by atoms with Crippen LogP contribution in [0.15, 0.2) is 48.8 Å². The normalized spacial score (nSPS) is 10.4. The average molecular weight is 397 g/mol. The summed E-state index contributed by atoms with van der Waals surface area (Å²) in [5.41, 5.74) is 5.78. The van der Waals surface area contributed by atoms with Crippen LogP contribution < -0.4 is 16.0 Å². The second-order valence-corrected chi connectivity index (χ2v) is 6.02. The highest BCUT2D eigenvalue weighted by Gasteiger charge is 2.22. The van der Waals surface area contributed by atoms with E-state index < -0.39 is 29.3 Å². The lowest BCUT2D eigenvalue weighted by atomic mass is 10.1. The minimum atomic E-state index is -0.804. The molecule has 0 bridgehead atoms. The number of halogens is 1. The first-order chi connectivity index (χ1) is 13.8. The number of nitrogens with zero attached hydrogens (tertiary/aromatic N) is 2. The number of anilines is 2. The van der Waals surface area contributed by atoms with Crippen molar-refractivity contribution in [2.45, 2.75) is 0 Å². The molecule has 0 saturated heterocycles. The number of rotatable bonds is 5. The van der Waals surface area contributed by atoms with Crippen molar-refractivity contribution >= 4 is 29.1 Å². The molecule has 0 aliphatic heterocycles. The molecule has 0 radical (unpaired) electrons. The van der Waals surface area contributed by atoms with E-state index in [1.54, 1.807) is 12.1 Å². The molecule has 29 heavy (non-hydrogen) atoms. The maximum absolute atomic E-state index is 13.0. The number of nitrogens with two attached hydrogens (primary N) is 1. The van der Waals surface area contributed by atoms with E-state index in [-0.39, 0.29) is 17.0 Å². The number of H-pyrrole nitrogens is 1. The molecule has 0 spiro atoms. The highest BCUT2D eigenvalue weighted by Crippen LogP contribution is 2.22. The topological polar surface area (TPSA) is 141 Å². The van der Waals surface area contributed by atoms with Crippen LogP contribution in [0.25, 0.3) is 0 Å². The number of amides is 3. The Labute approximate surface area is 164 Å². The number of aromatic hydroxyl groups is 1. The lowest BCUT2D eigenvalue weighted by Crippen LogP contribution is -2.29. The summed E-state index contributed by atoms with van der Waals surface area (Å²) in [5, 5.41) is 12.2. The summed E-state index contributed by atoms with van der Waals surface area (Å²) in [7, 11) is 1.49. The van der Waals surface area contributed by atoms with E-state index in [9.17, 15) is 23.9 Å². The SMILES string of the molecule is CN(C(=O)c1nc[nH]c1C(N)=O)c1ccc(NC(=O)c2ccc(F)cc2O)cc1. The van der Waals surface area contributed by atoms with Crippen molar-refractivity contribution in [3.05, 3.63) is 71.6 Å². The molecule has 148 valence electrons. The van der Waals surface area contributed by atoms with Crippen molar-refractivity contribution in [2.75, 3.05) is 17.3 Å². The van der Waals surface area contributed by atoms with Crippen LogP contribution in [0.3, 0.4) is 0 Å². The molecule has 9 nitrogen and oxygen atoms in total. The third kappa shape index (κ3) is 4.05. The molecule has 0 aliphatic rings. The van der Waals surface area contributed by atoms with Gasteiger partial charge in [0.25, 0.3) is 17.7 Å². The van der Waals surface area contributed by atoms with Crippen molar-refractivity contribution in [3.63, 3.8) is 0 Å². The van der Waals surface area contributed by atoms with Crippen LogP contribution >= 0.6 is 0 Å². The molecule has 3 aromatic rings. The van der Waals surface area contributed by atoms with Gasteiger partial charge in [-0.1, -0.05) is 0 Å². The number of aromatic amines is 1. The first kappa shape index (κ1) is 19.5. The monoisotopic (exact) mass is 397 g/mol. The lowest BCUT2D eigenvalue weighted by Gasteiger charge is -2.17. The zero-order chi connectivity index (χ0) is 21.1. The summed E-state index contributed by atoms with van der Waals surface area (Å²) < 4.78 is 13.0. The Hall–Kier alpha value is -4.21. The molecule has 1 heterocycles. The van der Waals surface area contributed by atoms with Crippen LogP contribution in [0.1, 0.15) is 31.3 Å². The Balaban J connectivity index is 1.74. The van der Waals surface area contributed by atoms with Gasteiger partial charge in [0.1, 0.15) is 17.3 Å². The molecule has 0 atom stereocenters. The molecule has 0 unspecified atom stereocenters. The second kappa shape index (κ2) is 7.80. The fraction of sp³-hybridized carbons (Fsp3) is 0.0526. The van der Waals surface area contributed by atoms with Gasteiger partial charge in [-0.2, -0.15) is 0 Å². The molecule has 0 fully saturated rings. The molecule has 10 heteroatoms. The molecule has 0 aliphatic carbocycles. The van der Waals surface area contributed by atoms with E-state index in [1.165, 1.54) is 36.5 Å². The van der Waals surface area contributed by atoms with Gasteiger partial charge in [-0.3, -0.25) is 14.4 Å². The Kier molecular flexibility index (Phi) is 5.26. The maximum atomic E-state index is 13.0. The maximum Gasteiger partial charge on any atom is 0.279 e. The van der Waals surface area contributed by atoms with Crippen LogP contribution in [0.2, 0.25) is 0 Å². The lowest BCUT2D eigenvalue weighted by molar-refractivity contribution is 0.0958. The van der Waals surface area contributed by atoms with Gasteiger partial charge in [-0.15, -0.1) is 0 Å². The summed E-state index contributed by atoms with van der Waals surface area (Å²) in [6, 6.07) is 9.28. The summed E-state index contributed by atoms with van der Waals surface area (Å²) in [6.45, 7) is 0. The summed E-state index contributed by atoms with van der Waals surface area (Å²) >= 11 is 0. The fourth-order valence-electron chi connectivity index (χ4n) is 2.58. The number of phenols is 1. The first-order valence-corrected chi connectivity index (χ1v) is 8.29. The van der Waals surface area contributed by atoms with E-state index >= 15 is 0 Å². The molecule has 0 saturated carbocycles. The molecule has 1 aromatic heterocycles. The Morgan fingerprint density at radius 1 is 1.17 bits per heavy atom. The van der Waals surface area contributed by atoms with Gasteiger partial charge in [0.05, 0.1) is 11.9 Å². The van der Waals surface area contributed by atoms with Crippen LogP contribution in [-0.2, 0) is 0 Å². The van der Waals surface area contributed by atoms with E-state index in [4.69, 9.17) is 5.73 Å². The van der Waals surface area contributed by atoms with E-state index in [0.717, 1.165) is 12.1 Å². The fourth-order valence-corrected chi connectivity index (χ4v) is 2.58. The number of nitrogens with one attached hydrogen (secondary N) is 2. The number of primary amides is 1. The third-order valence-electron chi connectivity index (χ3n) is 4.11. The van der Waals surface area contributed by atoms with Crippen LogP contribution in [0.4, 0.5) is 15.8 Å². The number of benzene rings is 2. The van der Waals surface area contributed by atoms with Gasteiger partial charge in [-0.25, -0.2) is 9.37 Å². The molecule has 3 rings (SSSR count). The van der Waals surface area contributed by atoms with Crippen molar-refractivity contribution in [1.29, 1.82) is 0 Å². The van der Waals surface area contributed by atoms with Crippen molar-refractivity contribution in [3.8, 4) is 5.75 Å². The van der Waals surface area contributed by atoms with Gasteiger partial charge >= 0.3 is 0 Å². The van der Waals surface area contributed by atoms with Crippen LogP contribution in [0.5, 0.6) is 5.75 Å². The number of hydrogen-bond donors (Lipinski definition) is 4. The molecular formula is C19H16FN5O4. The van der Waals surface area contributed by atoms with Gasteiger partial charge in [-0.05, 0) is 36.4 Å². The number of imidazole rings is 1. The highest BCUT2D eigenvalue weighted by atomic mass is 19.1. The molecule has 3 amide bonds. The minimum Gasteiger partial charge on any atom is -0.507 e. The standard InChI is InChI=1S/C19H16FN5O4/c1-25(19(29)16-15(17(21)27)22-9-23-16)12-5-3-11(4-6-12)24-18(28)13-7-2-10(20)8-14(13)26/h2-9,26H,1H3,(H2,21,27)(H,22,23)(H,24,28). The summed E-state index contributed by atoms with van der Waals surface area (Å²) in [5.74, 6) is -3.11. The number of phenolic OH excluding ortho intramolecular Hbond substituents is 1. The smallest absolute Gasteiger partial charge is 0.279 e. The number of aromatic nitrogens is 2. The summed E-state index contributed by atoms with van der Waals surface area (Å²) in [4.78, 5) is 43.7. The highest BCUT2D eigenvalue weighted by molar-refractivity contribution is 6.11. The first-order valence-electron chi connectivity index (χ1n) is 8.29. The third-order valence-corrected chi connectivity index (χ3v) is 4.11. The quantitative estimate of drug-likeness (QED) is 0.520. The van der Waals surface area contributed by atoms with Gasteiger partial charge < -0.3 is 26.0 Å². The average Bonchev–Trinajstić information content (AvgIpc) is 3.17.